The summed E-state index contributed by atoms with van der Waals surface area (Å²) >= 11 is 0. The molecule has 1 N–H and O–H groups in total. The van der Waals surface area contributed by atoms with Gasteiger partial charge < -0.3 is 15.0 Å². The average molecular weight is 599 g/mol. The summed E-state index contributed by atoms with van der Waals surface area (Å²) in [7, 11) is 0. The van der Waals surface area contributed by atoms with Crippen molar-refractivity contribution in [3.63, 3.8) is 0 Å². The number of rotatable bonds is 6. The quantitative estimate of drug-likeness (QED) is 0.377. The number of nitrogens with one attached hydrogen (secondary N) is 1. The van der Waals surface area contributed by atoms with Gasteiger partial charge in [0.05, 0.1) is 23.3 Å². The lowest BCUT2D eigenvalue weighted by Crippen LogP contribution is -2.50. The van der Waals surface area contributed by atoms with E-state index in [1.807, 2.05) is 0 Å². The van der Waals surface area contributed by atoms with Crippen LogP contribution in [0.25, 0.3) is 0 Å². The van der Waals surface area contributed by atoms with Crippen LogP contribution in [0.15, 0.2) is 54.2 Å². The Morgan fingerprint density at radius 1 is 0.952 bits per heavy atom. The largest absolute Gasteiger partial charge is 0.416 e. The highest BCUT2D eigenvalue weighted by molar-refractivity contribution is 5.91. The minimum atomic E-state index is -5.01. The summed E-state index contributed by atoms with van der Waals surface area (Å²) in [4.78, 5) is 26.8. The molecule has 2 saturated heterocycles. The normalized spacial score (nSPS) is 25.7. The summed E-state index contributed by atoms with van der Waals surface area (Å²) in [6.45, 7) is 1.43. The minimum Gasteiger partial charge on any atom is -0.385 e. The van der Waals surface area contributed by atoms with Gasteiger partial charge in [-0.2, -0.15) is 26.3 Å². The summed E-state index contributed by atoms with van der Waals surface area (Å²) in [6.07, 6.45) is -8.02. The van der Waals surface area contributed by atoms with Crippen LogP contribution < -0.4 is 5.32 Å². The lowest BCUT2D eigenvalue weighted by Gasteiger charge is -2.38. The van der Waals surface area contributed by atoms with Gasteiger partial charge >= 0.3 is 12.4 Å². The summed E-state index contributed by atoms with van der Waals surface area (Å²) in [6, 6.07) is 6.19. The first-order valence-corrected chi connectivity index (χ1v) is 13.7. The molecule has 2 aromatic rings. The van der Waals surface area contributed by atoms with Gasteiger partial charge in [-0.15, -0.1) is 0 Å². The summed E-state index contributed by atoms with van der Waals surface area (Å²) in [5.41, 5.74) is -1.82. The van der Waals surface area contributed by atoms with Crippen molar-refractivity contribution in [3.8, 4) is 0 Å². The maximum Gasteiger partial charge on any atom is 0.416 e. The number of ether oxygens (including phenoxy) is 1. The minimum absolute atomic E-state index is 0.00305. The van der Waals surface area contributed by atoms with E-state index in [-0.39, 0.29) is 42.3 Å². The molecule has 3 aliphatic rings. The Labute approximate surface area is 237 Å². The molecule has 12 heteroatoms. The van der Waals surface area contributed by atoms with Crippen molar-refractivity contribution >= 4 is 11.7 Å². The molecule has 2 aromatic carbocycles. The fourth-order valence-electron chi connectivity index (χ4n) is 6.23. The molecule has 1 unspecified atom stereocenters. The molecule has 226 valence electrons. The molecule has 2 aliphatic heterocycles. The molecular formula is C30H29F7N2O3. The zero-order chi connectivity index (χ0) is 30.4. The van der Waals surface area contributed by atoms with Crippen LogP contribution in [0.5, 0.6) is 0 Å². The standard InChI is InChI=1S/C30H29F7N2O3/c1-16(18-9-19(29(32,33)34)11-20(10-18)30(35,36)37)42-26-15-39-25(28(26)17-5-7-21(31)8-6-17)13-23(14-27(39)41)38-22-3-2-4-24(40)12-22/h5-12,16,23,25-26,28,38H,2-4,13-15H2,1H3/t16-,23?,25+,26+,28+/m1/s1. The predicted molar refractivity (Wildman–Crippen MR) is 137 cm³/mol. The fraction of sp³-hybridized carbons (Fsp3) is 0.467. The number of amides is 1. The number of halogens is 7. The van der Waals surface area contributed by atoms with Gasteiger partial charge in [-0.25, -0.2) is 4.39 Å². The molecule has 1 amide bonds. The first-order chi connectivity index (χ1) is 19.7. The van der Waals surface area contributed by atoms with E-state index < -0.39 is 53.5 Å². The highest BCUT2D eigenvalue weighted by Gasteiger charge is 2.49. The number of alkyl halides is 6. The van der Waals surface area contributed by atoms with E-state index in [0.29, 0.717) is 43.4 Å². The maximum atomic E-state index is 13.8. The smallest absolute Gasteiger partial charge is 0.385 e. The van der Waals surface area contributed by atoms with E-state index in [9.17, 15) is 40.3 Å². The van der Waals surface area contributed by atoms with Crippen LogP contribution in [0, 0.1) is 5.82 Å². The molecule has 5 atom stereocenters. The molecule has 0 radical (unpaired) electrons. The Morgan fingerprint density at radius 3 is 2.19 bits per heavy atom. The van der Waals surface area contributed by atoms with E-state index in [4.69, 9.17) is 4.74 Å². The fourth-order valence-corrected chi connectivity index (χ4v) is 6.23. The molecule has 42 heavy (non-hydrogen) atoms. The van der Waals surface area contributed by atoms with Crippen LogP contribution in [0.3, 0.4) is 0 Å². The molecule has 0 bridgehead atoms. The Bertz CT molecular complexity index is 1340. The molecule has 0 spiro atoms. The van der Waals surface area contributed by atoms with Gasteiger partial charge in [0, 0.05) is 49.2 Å². The first kappa shape index (κ1) is 30.1. The van der Waals surface area contributed by atoms with Crippen LogP contribution in [0.1, 0.15) is 73.3 Å². The van der Waals surface area contributed by atoms with E-state index in [1.54, 1.807) is 23.1 Å². The van der Waals surface area contributed by atoms with Crippen molar-refractivity contribution in [2.75, 3.05) is 6.54 Å². The van der Waals surface area contributed by atoms with Gasteiger partial charge in [0.2, 0.25) is 5.91 Å². The first-order valence-electron chi connectivity index (χ1n) is 13.7. The highest BCUT2D eigenvalue weighted by atomic mass is 19.4. The number of hydrogen-bond acceptors (Lipinski definition) is 4. The SMILES string of the molecule is C[C@@H](O[C@H]1CN2C(=O)CC(NC3=CC(=O)CCC3)C[C@H]2[C@@H]1c1ccc(F)cc1)c1cc(C(F)(F)F)cc(C(F)(F)F)c1. The lowest BCUT2D eigenvalue weighted by molar-refractivity contribution is -0.143. The van der Waals surface area contributed by atoms with Crippen molar-refractivity contribution in [1.82, 2.24) is 10.2 Å². The molecule has 2 heterocycles. The molecular weight excluding hydrogens is 569 g/mol. The van der Waals surface area contributed by atoms with Crippen molar-refractivity contribution < 1.29 is 45.1 Å². The Hall–Kier alpha value is -3.41. The number of carbonyl (C=O) groups excluding carboxylic acids is 2. The number of piperidine rings is 1. The molecule has 5 rings (SSSR count). The van der Waals surface area contributed by atoms with Gasteiger partial charge in [0.15, 0.2) is 5.78 Å². The highest BCUT2D eigenvalue weighted by Crippen LogP contribution is 2.44. The van der Waals surface area contributed by atoms with Crippen LogP contribution in [0.4, 0.5) is 30.7 Å². The summed E-state index contributed by atoms with van der Waals surface area (Å²) in [5.74, 6) is -1.22. The third-order valence-corrected chi connectivity index (χ3v) is 8.17. The van der Waals surface area contributed by atoms with E-state index in [1.165, 1.54) is 19.1 Å². The van der Waals surface area contributed by atoms with Crippen LogP contribution >= 0.6 is 0 Å². The van der Waals surface area contributed by atoms with E-state index in [0.717, 1.165) is 5.70 Å². The second-order valence-electron chi connectivity index (χ2n) is 11.1. The lowest BCUT2D eigenvalue weighted by atomic mass is 9.84. The molecule has 0 aromatic heterocycles. The molecule has 1 aliphatic carbocycles. The van der Waals surface area contributed by atoms with Crippen molar-refractivity contribution in [2.45, 2.75) is 81.6 Å². The average Bonchev–Trinajstić information content (AvgIpc) is 3.26. The molecule has 0 saturated carbocycles. The summed E-state index contributed by atoms with van der Waals surface area (Å²) in [5, 5.41) is 3.31. The number of hydrogen-bond donors (Lipinski definition) is 1. The van der Waals surface area contributed by atoms with E-state index in [2.05, 4.69) is 5.32 Å². The van der Waals surface area contributed by atoms with Crippen LogP contribution in [-0.2, 0) is 26.7 Å². The van der Waals surface area contributed by atoms with Crippen molar-refractivity contribution in [1.29, 1.82) is 0 Å². The number of fused-ring (bicyclic) bond motifs is 1. The third kappa shape index (κ3) is 6.48. The van der Waals surface area contributed by atoms with Gasteiger partial charge in [-0.1, -0.05) is 12.1 Å². The van der Waals surface area contributed by atoms with Crippen molar-refractivity contribution in [2.24, 2.45) is 0 Å². The Kier molecular flexibility index (Phi) is 8.12. The van der Waals surface area contributed by atoms with Gasteiger partial charge in [0.1, 0.15) is 5.82 Å². The second-order valence-corrected chi connectivity index (χ2v) is 11.1. The number of carbonyl (C=O) groups is 2. The van der Waals surface area contributed by atoms with Crippen LogP contribution in [0.2, 0.25) is 0 Å². The number of ketones is 1. The second kappa shape index (κ2) is 11.3. The number of benzene rings is 2. The van der Waals surface area contributed by atoms with Gasteiger partial charge in [0.25, 0.3) is 0 Å². The monoisotopic (exact) mass is 598 g/mol. The summed E-state index contributed by atoms with van der Waals surface area (Å²) < 4.78 is 101. The Morgan fingerprint density at radius 2 is 1.60 bits per heavy atom. The topological polar surface area (TPSA) is 58.6 Å². The zero-order valence-electron chi connectivity index (χ0n) is 22.6. The Balaban J connectivity index is 1.44. The van der Waals surface area contributed by atoms with Crippen molar-refractivity contribution in [3.05, 3.63) is 82.3 Å². The number of allylic oxidation sites excluding steroid dienone is 2. The molecule has 2 fully saturated rings. The van der Waals surface area contributed by atoms with Crippen LogP contribution in [-0.4, -0.2) is 41.3 Å². The predicted octanol–water partition coefficient (Wildman–Crippen LogP) is 6.69. The molecule has 5 nitrogen and oxygen atoms in total. The van der Waals surface area contributed by atoms with Gasteiger partial charge in [-0.05, 0) is 67.6 Å². The maximum absolute atomic E-state index is 13.8. The van der Waals surface area contributed by atoms with Gasteiger partial charge in [-0.3, -0.25) is 9.59 Å². The van der Waals surface area contributed by atoms with E-state index >= 15 is 0 Å². The number of nitrogens with zero attached hydrogens (tertiary/aromatic N) is 1. The third-order valence-electron chi connectivity index (χ3n) is 8.17. The zero-order valence-corrected chi connectivity index (χ0v) is 22.6.